The van der Waals surface area contributed by atoms with Crippen molar-refractivity contribution in [2.45, 2.75) is 27.9 Å². The van der Waals surface area contributed by atoms with Gasteiger partial charge in [-0.3, -0.25) is 0 Å². The molecule has 10 heteroatoms. The van der Waals surface area contributed by atoms with E-state index in [-0.39, 0.29) is 15.7 Å². The summed E-state index contributed by atoms with van der Waals surface area (Å²) in [5.41, 5.74) is -1.01. The summed E-state index contributed by atoms with van der Waals surface area (Å²) in [6.07, 6.45) is 2.20. The van der Waals surface area contributed by atoms with Crippen LogP contribution in [0.4, 0.5) is 8.78 Å². The van der Waals surface area contributed by atoms with Gasteiger partial charge in [-0.05, 0) is 59.7 Å². The van der Waals surface area contributed by atoms with Gasteiger partial charge < -0.3 is 4.74 Å². The van der Waals surface area contributed by atoms with E-state index in [1.165, 1.54) is 48.5 Å². The van der Waals surface area contributed by atoms with Crippen LogP contribution in [0.5, 0.6) is 0 Å². The van der Waals surface area contributed by atoms with E-state index in [9.17, 15) is 25.6 Å². The van der Waals surface area contributed by atoms with Crippen LogP contribution in [0.25, 0.3) is 0 Å². The lowest BCUT2D eigenvalue weighted by Crippen LogP contribution is -2.48. The van der Waals surface area contributed by atoms with Crippen molar-refractivity contribution in [1.29, 1.82) is 0 Å². The number of hydrogen-bond acceptors (Lipinski definition) is 6. The molecule has 40 heavy (non-hydrogen) atoms. The van der Waals surface area contributed by atoms with Gasteiger partial charge in [0.15, 0.2) is 36.7 Å². The molecule has 0 unspecified atom stereocenters. The molecule has 0 saturated heterocycles. The lowest BCUT2D eigenvalue weighted by molar-refractivity contribution is 0.0605. The Morgan fingerprint density at radius 2 is 0.900 bits per heavy atom. The summed E-state index contributed by atoms with van der Waals surface area (Å²) in [7, 11) is -7.04. The first kappa shape index (κ1) is 27.7. The van der Waals surface area contributed by atoms with Crippen LogP contribution < -0.4 is 0 Å². The van der Waals surface area contributed by atoms with Gasteiger partial charge in [0.25, 0.3) is 0 Å². The van der Waals surface area contributed by atoms with E-state index < -0.39 is 42.4 Å². The summed E-state index contributed by atoms with van der Waals surface area (Å²) in [4.78, 5) is 5.15. The first-order valence-electron chi connectivity index (χ1n) is 12.2. The normalized spacial score (nSPS) is 16.3. The Labute approximate surface area is 231 Å². The summed E-state index contributed by atoms with van der Waals surface area (Å²) in [6, 6.07) is 23.6. The minimum Gasteiger partial charge on any atom is -0.462 e. The van der Waals surface area contributed by atoms with E-state index in [0.29, 0.717) is 22.3 Å². The number of sulfone groups is 2. The van der Waals surface area contributed by atoms with Crippen molar-refractivity contribution in [3.05, 3.63) is 131 Å². The molecule has 0 spiro atoms. The number of hydrogen-bond donors (Lipinski definition) is 0. The molecule has 6 nitrogen and oxygen atoms in total. The molecule has 0 bridgehead atoms. The van der Waals surface area contributed by atoms with E-state index in [1.54, 1.807) is 55.5 Å². The second kappa shape index (κ2) is 9.64. The van der Waals surface area contributed by atoms with Crippen LogP contribution in [0, 0.1) is 11.6 Å². The molecule has 1 aliphatic heterocycles. The summed E-state index contributed by atoms with van der Waals surface area (Å²) in [6.45, 7) is 1.65. The lowest BCUT2D eigenvalue weighted by Gasteiger charge is -2.44. The molecular weight excluding hydrogens is 556 g/mol. The van der Waals surface area contributed by atoms with Crippen LogP contribution in [0.3, 0.4) is 0 Å². The van der Waals surface area contributed by atoms with Crippen molar-refractivity contribution in [2.75, 3.05) is 12.5 Å². The maximum atomic E-state index is 14.2. The molecule has 4 aromatic carbocycles. The van der Waals surface area contributed by atoms with Crippen LogP contribution in [0.2, 0.25) is 0 Å². The predicted octanol–water partition coefficient (Wildman–Crippen LogP) is 5.41. The molecular formula is C30H25F2NO5S2. The van der Waals surface area contributed by atoms with Crippen molar-refractivity contribution < 1.29 is 30.4 Å². The monoisotopic (exact) mass is 581 g/mol. The molecule has 0 atom stereocenters. The highest BCUT2D eigenvalue weighted by molar-refractivity contribution is 7.91. The first-order valence-corrected chi connectivity index (χ1v) is 15.9. The van der Waals surface area contributed by atoms with E-state index in [0.717, 1.165) is 12.5 Å². The molecule has 0 radical (unpaired) electrons. The molecule has 0 fully saturated rings. The van der Waals surface area contributed by atoms with Crippen LogP contribution in [0.1, 0.15) is 29.2 Å². The van der Waals surface area contributed by atoms with Gasteiger partial charge in [-0.25, -0.2) is 30.6 Å². The summed E-state index contributed by atoms with van der Waals surface area (Å²) < 4.78 is 83.9. The minimum atomic E-state index is -3.52. The average Bonchev–Trinajstić information content (AvgIpc) is 3.23. The quantitative estimate of drug-likeness (QED) is 0.304. The van der Waals surface area contributed by atoms with Gasteiger partial charge in [0, 0.05) is 30.6 Å². The molecule has 0 amide bonds. The molecule has 0 saturated carbocycles. The van der Waals surface area contributed by atoms with Gasteiger partial charge in [-0.15, -0.1) is 0 Å². The predicted molar refractivity (Wildman–Crippen MR) is 148 cm³/mol. The Morgan fingerprint density at radius 1 is 0.575 bits per heavy atom. The molecule has 5 rings (SSSR count). The standard InChI is InChI=1S/C30H25F2NO5S2/c1-20-33-29(21-4-12-25(31)13-5-21,22-6-14-26(32)15-7-22)30(38-20,23-8-16-27(17-9-23)39(2,34)35)24-10-18-28(19-11-24)40(3,36)37/h4-19H,1-3H3. The third-order valence-corrected chi connectivity index (χ3v) is 9.29. The maximum Gasteiger partial charge on any atom is 0.194 e. The van der Waals surface area contributed by atoms with Gasteiger partial charge in [0.2, 0.25) is 0 Å². The highest BCUT2D eigenvalue weighted by Gasteiger charge is 2.62. The van der Waals surface area contributed by atoms with Gasteiger partial charge in [-0.2, -0.15) is 0 Å². The Hall–Kier alpha value is -3.89. The number of nitrogens with zero attached hydrogens (tertiary/aromatic N) is 1. The fourth-order valence-electron chi connectivity index (χ4n) is 5.29. The summed E-state index contributed by atoms with van der Waals surface area (Å²) >= 11 is 0. The number of ether oxygens (including phenoxy) is 1. The number of rotatable bonds is 6. The van der Waals surface area contributed by atoms with Crippen LogP contribution >= 0.6 is 0 Å². The molecule has 206 valence electrons. The Kier molecular flexibility index (Phi) is 6.67. The smallest absolute Gasteiger partial charge is 0.194 e. The van der Waals surface area contributed by atoms with Crippen molar-refractivity contribution in [3.63, 3.8) is 0 Å². The van der Waals surface area contributed by atoms with Gasteiger partial charge in [0.05, 0.1) is 9.79 Å². The van der Waals surface area contributed by atoms with E-state index in [1.807, 2.05) is 0 Å². The third kappa shape index (κ3) is 4.50. The Bertz CT molecular complexity index is 1700. The van der Waals surface area contributed by atoms with Crippen molar-refractivity contribution in [1.82, 2.24) is 0 Å². The first-order chi connectivity index (χ1) is 18.8. The largest absolute Gasteiger partial charge is 0.462 e. The molecule has 4 aromatic rings. The second-order valence-corrected chi connectivity index (χ2v) is 13.8. The minimum absolute atomic E-state index is 0.0867. The van der Waals surface area contributed by atoms with Crippen molar-refractivity contribution in [2.24, 2.45) is 4.99 Å². The molecule has 1 heterocycles. The summed E-state index contributed by atoms with van der Waals surface area (Å²) in [5.74, 6) is -0.690. The summed E-state index contributed by atoms with van der Waals surface area (Å²) in [5, 5.41) is 0. The SMILES string of the molecule is CC1=NC(c2ccc(F)cc2)(c2ccc(F)cc2)C(c2ccc(S(C)(=O)=O)cc2)(c2ccc(S(C)(=O)=O)cc2)O1. The maximum absolute atomic E-state index is 14.2. The molecule has 0 N–H and O–H groups in total. The fraction of sp³-hybridized carbons (Fsp3) is 0.167. The molecule has 0 aliphatic carbocycles. The zero-order valence-electron chi connectivity index (χ0n) is 21.8. The zero-order valence-corrected chi connectivity index (χ0v) is 23.4. The highest BCUT2D eigenvalue weighted by atomic mass is 32.2. The van der Waals surface area contributed by atoms with E-state index >= 15 is 0 Å². The topological polar surface area (TPSA) is 89.9 Å². The average molecular weight is 582 g/mol. The van der Waals surface area contributed by atoms with E-state index in [4.69, 9.17) is 9.73 Å². The lowest BCUT2D eigenvalue weighted by atomic mass is 9.64. The molecule has 1 aliphatic rings. The van der Waals surface area contributed by atoms with Gasteiger partial charge in [-0.1, -0.05) is 48.5 Å². The van der Waals surface area contributed by atoms with Crippen molar-refractivity contribution in [3.8, 4) is 0 Å². The van der Waals surface area contributed by atoms with Crippen molar-refractivity contribution >= 4 is 25.6 Å². The van der Waals surface area contributed by atoms with E-state index in [2.05, 4.69) is 0 Å². The zero-order chi connectivity index (χ0) is 28.9. The number of benzene rings is 4. The van der Waals surface area contributed by atoms with Crippen LogP contribution in [-0.2, 0) is 35.6 Å². The van der Waals surface area contributed by atoms with Crippen LogP contribution in [-0.4, -0.2) is 35.2 Å². The fourth-order valence-corrected chi connectivity index (χ4v) is 6.55. The third-order valence-electron chi connectivity index (χ3n) is 7.04. The Morgan fingerprint density at radius 3 is 1.23 bits per heavy atom. The van der Waals surface area contributed by atoms with Crippen LogP contribution in [0.15, 0.2) is 112 Å². The van der Waals surface area contributed by atoms with Gasteiger partial charge >= 0.3 is 0 Å². The Balaban J connectivity index is 1.92. The molecule has 0 aromatic heterocycles. The number of aliphatic imine (C=N–C) groups is 1. The highest BCUT2D eigenvalue weighted by Crippen LogP contribution is 2.58. The number of halogens is 2. The second-order valence-electron chi connectivity index (χ2n) is 9.73. The van der Waals surface area contributed by atoms with Gasteiger partial charge in [0.1, 0.15) is 11.6 Å².